The second-order valence-corrected chi connectivity index (χ2v) is 3.60. The van der Waals surface area contributed by atoms with Gasteiger partial charge in [0.05, 0.1) is 12.8 Å². The number of carbonyl (C=O) groups is 1. The first-order valence-corrected chi connectivity index (χ1v) is 4.89. The summed E-state index contributed by atoms with van der Waals surface area (Å²) in [5, 5.41) is 5.97. The molecule has 1 unspecified atom stereocenters. The predicted octanol–water partition coefficient (Wildman–Crippen LogP) is 1.30. The van der Waals surface area contributed by atoms with Crippen molar-refractivity contribution in [3.63, 3.8) is 0 Å². The number of rotatable bonds is 3. The van der Waals surface area contributed by atoms with E-state index in [9.17, 15) is 4.79 Å². The van der Waals surface area contributed by atoms with Crippen LogP contribution in [-0.2, 0) is 4.79 Å². The maximum absolute atomic E-state index is 11.0. The Morgan fingerprint density at radius 3 is 2.87 bits per heavy atom. The molecule has 1 aliphatic rings. The zero-order valence-electron chi connectivity index (χ0n) is 8.83. The van der Waals surface area contributed by atoms with E-state index in [1.807, 2.05) is 18.2 Å². The molecule has 1 amide bonds. The van der Waals surface area contributed by atoms with Gasteiger partial charge in [-0.3, -0.25) is 4.79 Å². The largest absolute Gasteiger partial charge is 0.495 e. The normalized spacial score (nSPS) is 18.4. The van der Waals surface area contributed by atoms with E-state index < -0.39 is 0 Å². The molecule has 0 bridgehead atoms. The molecule has 2 N–H and O–H groups in total. The van der Waals surface area contributed by atoms with Crippen LogP contribution in [0.25, 0.3) is 0 Å². The van der Waals surface area contributed by atoms with Crippen LogP contribution in [-0.4, -0.2) is 19.6 Å². The molecular weight excluding hydrogens is 192 g/mol. The molecule has 0 aliphatic carbocycles. The van der Waals surface area contributed by atoms with Gasteiger partial charge in [-0.2, -0.15) is 0 Å². The third-order valence-corrected chi connectivity index (χ3v) is 2.34. The Morgan fingerprint density at radius 2 is 2.33 bits per heavy atom. The lowest BCUT2D eigenvalue weighted by molar-refractivity contribution is -0.114. The topological polar surface area (TPSA) is 60.3 Å². The van der Waals surface area contributed by atoms with E-state index in [2.05, 4.69) is 10.6 Å². The van der Waals surface area contributed by atoms with Gasteiger partial charge in [0, 0.05) is 19.5 Å². The number of methoxy groups -OCH3 is 1. The molecule has 15 heavy (non-hydrogen) atoms. The number of benzene rings is 1. The van der Waals surface area contributed by atoms with Gasteiger partial charge in [-0.1, -0.05) is 6.07 Å². The van der Waals surface area contributed by atoms with Crippen LogP contribution < -0.4 is 15.4 Å². The van der Waals surface area contributed by atoms with Crippen LogP contribution in [0.2, 0.25) is 0 Å². The molecular formula is C11H14N2O2. The molecule has 0 radical (unpaired) electrons. The van der Waals surface area contributed by atoms with Crippen molar-refractivity contribution in [1.82, 2.24) is 5.32 Å². The monoisotopic (exact) mass is 206 g/mol. The number of hydrogen-bond acceptors (Lipinski definition) is 3. The Kier molecular flexibility index (Phi) is 2.60. The minimum Gasteiger partial charge on any atom is -0.495 e. The minimum absolute atomic E-state index is 0.0887. The van der Waals surface area contributed by atoms with Gasteiger partial charge in [0.25, 0.3) is 0 Å². The van der Waals surface area contributed by atoms with Gasteiger partial charge in [0.2, 0.25) is 5.91 Å². The lowest BCUT2D eigenvalue weighted by atomic mass is 10.1. The molecule has 80 valence electrons. The summed E-state index contributed by atoms with van der Waals surface area (Å²) in [4.78, 5) is 11.0. The summed E-state index contributed by atoms with van der Waals surface area (Å²) >= 11 is 0. The lowest BCUT2D eigenvalue weighted by Crippen LogP contribution is -2.07. The van der Waals surface area contributed by atoms with E-state index >= 15 is 0 Å². The maximum atomic E-state index is 11.0. The fourth-order valence-electron chi connectivity index (χ4n) is 1.52. The molecule has 0 aromatic heterocycles. The van der Waals surface area contributed by atoms with E-state index in [1.54, 1.807) is 7.11 Å². The average Bonchev–Trinajstić information content (AvgIpc) is 3.00. The van der Waals surface area contributed by atoms with E-state index in [0.29, 0.717) is 11.8 Å². The van der Waals surface area contributed by atoms with Crippen LogP contribution in [0.5, 0.6) is 5.75 Å². The Hall–Kier alpha value is -1.55. The Labute approximate surface area is 88.6 Å². The van der Waals surface area contributed by atoms with Crippen LogP contribution in [0.3, 0.4) is 0 Å². The zero-order valence-corrected chi connectivity index (χ0v) is 8.83. The number of nitrogens with one attached hydrogen (secondary N) is 2. The summed E-state index contributed by atoms with van der Waals surface area (Å²) in [5.41, 5.74) is 1.91. The van der Waals surface area contributed by atoms with Crippen LogP contribution in [0.1, 0.15) is 18.5 Å². The maximum Gasteiger partial charge on any atom is 0.221 e. The van der Waals surface area contributed by atoms with Crippen LogP contribution >= 0.6 is 0 Å². The van der Waals surface area contributed by atoms with Crippen molar-refractivity contribution in [2.45, 2.75) is 13.0 Å². The average molecular weight is 206 g/mol. The lowest BCUT2D eigenvalue weighted by Gasteiger charge is -2.10. The third-order valence-electron chi connectivity index (χ3n) is 2.34. The fraction of sp³-hybridized carbons (Fsp3) is 0.364. The van der Waals surface area contributed by atoms with Crippen LogP contribution in [0.4, 0.5) is 5.69 Å². The van der Waals surface area contributed by atoms with Crippen molar-refractivity contribution < 1.29 is 9.53 Å². The van der Waals surface area contributed by atoms with Gasteiger partial charge >= 0.3 is 0 Å². The minimum atomic E-state index is -0.0887. The molecule has 4 heteroatoms. The van der Waals surface area contributed by atoms with Crippen LogP contribution in [0.15, 0.2) is 18.2 Å². The number of ether oxygens (including phenoxy) is 1. The SMILES string of the molecule is COc1ccc(C2CN2)cc1NC(C)=O. The van der Waals surface area contributed by atoms with Gasteiger partial charge in [0.1, 0.15) is 5.75 Å². The first-order chi connectivity index (χ1) is 7.20. The molecule has 0 spiro atoms. The van der Waals surface area contributed by atoms with E-state index in [0.717, 1.165) is 12.2 Å². The van der Waals surface area contributed by atoms with Crippen molar-refractivity contribution in [2.75, 3.05) is 19.0 Å². The summed E-state index contributed by atoms with van der Waals surface area (Å²) in [7, 11) is 1.59. The highest BCUT2D eigenvalue weighted by Crippen LogP contribution is 2.30. The van der Waals surface area contributed by atoms with Gasteiger partial charge in [0.15, 0.2) is 0 Å². The number of hydrogen-bond donors (Lipinski definition) is 2. The third kappa shape index (κ3) is 2.27. The summed E-state index contributed by atoms with van der Waals surface area (Å²) in [5.74, 6) is 0.601. The Balaban J connectivity index is 2.29. The van der Waals surface area contributed by atoms with Crippen LogP contribution in [0, 0.1) is 0 Å². The zero-order chi connectivity index (χ0) is 10.8. The molecule has 4 nitrogen and oxygen atoms in total. The first kappa shape index (κ1) is 9.98. The standard InChI is InChI=1S/C11H14N2O2/c1-7(14)13-9-5-8(10-6-12-10)3-4-11(9)15-2/h3-5,10,12H,6H2,1-2H3,(H,13,14). The van der Waals surface area contributed by atoms with Crippen molar-refractivity contribution in [2.24, 2.45) is 0 Å². The highest BCUT2D eigenvalue weighted by atomic mass is 16.5. The molecule has 1 saturated heterocycles. The molecule has 0 saturated carbocycles. The molecule has 1 heterocycles. The summed E-state index contributed by atoms with van der Waals surface area (Å²) in [6.07, 6.45) is 0. The summed E-state index contributed by atoms with van der Waals surface area (Å²) in [6, 6.07) is 6.27. The molecule has 1 atom stereocenters. The Morgan fingerprint density at radius 1 is 1.60 bits per heavy atom. The summed E-state index contributed by atoms with van der Waals surface area (Å²) < 4.78 is 5.17. The van der Waals surface area contributed by atoms with Gasteiger partial charge in [-0.05, 0) is 17.7 Å². The van der Waals surface area contributed by atoms with Crippen molar-refractivity contribution in [3.8, 4) is 5.75 Å². The molecule has 2 rings (SSSR count). The molecule has 1 aromatic carbocycles. The highest BCUT2D eigenvalue weighted by molar-refractivity contribution is 5.90. The van der Waals surface area contributed by atoms with Crippen molar-refractivity contribution in [1.29, 1.82) is 0 Å². The van der Waals surface area contributed by atoms with Crippen molar-refractivity contribution >= 4 is 11.6 Å². The molecule has 1 fully saturated rings. The fourth-order valence-corrected chi connectivity index (χ4v) is 1.52. The van der Waals surface area contributed by atoms with Gasteiger partial charge < -0.3 is 15.4 Å². The number of carbonyl (C=O) groups excluding carboxylic acids is 1. The second-order valence-electron chi connectivity index (χ2n) is 3.60. The smallest absolute Gasteiger partial charge is 0.221 e. The van der Waals surface area contributed by atoms with E-state index in [-0.39, 0.29) is 5.91 Å². The Bertz CT molecular complexity index is 386. The second kappa shape index (κ2) is 3.90. The first-order valence-electron chi connectivity index (χ1n) is 4.89. The summed E-state index contributed by atoms with van der Waals surface area (Å²) in [6.45, 7) is 2.49. The van der Waals surface area contributed by atoms with E-state index in [1.165, 1.54) is 12.5 Å². The number of anilines is 1. The number of amides is 1. The van der Waals surface area contributed by atoms with Gasteiger partial charge in [-0.15, -0.1) is 0 Å². The molecule has 1 aromatic rings. The molecule has 1 aliphatic heterocycles. The van der Waals surface area contributed by atoms with Crippen molar-refractivity contribution in [3.05, 3.63) is 23.8 Å². The predicted molar refractivity (Wildman–Crippen MR) is 58.0 cm³/mol. The van der Waals surface area contributed by atoms with E-state index in [4.69, 9.17) is 4.74 Å². The quantitative estimate of drug-likeness (QED) is 0.733. The van der Waals surface area contributed by atoms with Gasteiger partial charge in [-0.25, -0.2) is 0 Å². The highest BCUT2D eigenvalue weighted by Gasteiger charge is 2.23.